The minimum atomic E-state index is -1.00. The molecule has 0 aliphatic carbocycles. The standard InChI is InChI=1S/C30H40N2O4/c33-20-9-4-2-1-3-5-10-21-36-27-15-11-14-26(22-27)30(31-29(34)35,25-12-7-6-8-13-25)28-23-32-18-16-24(28)17-19-32/h6-8,11-15,20,22,24,28,31H,1-5,9-10,16-19,21,23H2,(H,34,35)/t28-,30?/m0/s1. The van der Waals surface area contributed by atoms with E-state index in [1.165, 1.54) is 0 Å². The van der Waals surface area contributed by atoms with E-state index in [-0.39, 0.29) is 5.92 Å². The van der Waals surface area contributed by atoms with Crippen LogP contribution in [0, 0.1) is 11.8 Å². The fraction of sp³-hybridized carbons (Fsp3) is 0.533. The SMILES string of the molecule is O=CCCCCCCCCOc1cccc(C(NC(=O)O)(c2ccccc2)[C@H]2CN3CCC2CC3)c1. The highest BCUT2D eigenvalue weighted by Gasteiger charge is 2.50. The summed E-state index contributed by atoms with van der Waals surface area (Å²) in [6.07, 6.45) is 9.36. The first-order chi connectivity index (χ1) is 17.6. The Morgan fingerprint density at radius 1 is 0.972 bits per heavy atom. The predicted molar refractivity (Wildman–Crippen MR) is 141 cm³/mol. The molecule has 2 bridgehead atoms. The third kappa shape index (κ3) is 6.28. The van der Waals surface area contributed by atoms with Crippen LogP contribution in [0.1, 0.15) is 68.9 Å². The van der Waals surface area contributed by atoms with Crippen molar-refractivity contribution < 1.29 is 19.4 Å². The van der Waals surface area contributed by atoms with E-state index in [1.54, 1.807) is 0 Å². The zero-order chi connectivity index (χ0) is 25.2. The van der Waals surface area contributed by atoms with E-state index >= 15 is 0 Å². The van der Waals surface area contributed by atoms with E-state index < -0.39 is 11.6 Å². The van der Waals surface area contributed by atoms with Crippen molar-refractivity contribution in [3.8, 4) is 5.75 Å². The van der Waals surface area contributed by atoms with Crippen molar-refractivity contribution in [2.75, 3.05) is 26.2 Å². The molecule has 6 nitrogen and oxygen atoms in total. The van der Waals surface area contributed by atoms with Crippen molar-refractivity contribution in [2.45, 2.75) is 63.3 Å². The van der Waals surface area contributed by atoms with Crippen molar-refractivity contribution in [3.63, 3.8) is 0 Å². The lowest BCUT2D eigenvalue weighted by Crippen LogP contribution is -2.61. The van der Waals surface area contributed by atoms with Gasteiger partial charge in [-0.25, -0.2) is 4.79 Å². The molecular weight excluding hydrogens is 452 g/mol. The molecule has 2 aromatic carbocycles. The number of carbonyl (C=O) groups is 2. The van der Waals surface area contributed by atoms with E-state index in [2.05, 4.69) is 22.3 Å². The van der Waals surface area contributed by atoms with Crippen LogP contribution < -0.4 is 10.1 Å². The van der Waals surface area contributed by atoms with Gasteiger partial charge in [-0.05, 0) is 68.0 Å². The Bertz CT molecular complexity index is 974. The highest BCUT2D eigenvalue weighted by molar-refractivity contribution is 5.68. The van der Waals surface area contributed by atoms with Crippen LogP contribution in [0.5, 0.6) is 5.75 Å². The Labute approximate surface area is 215 Å². The van der Waals surface area contributed by atoms with Gasteiger partial charge in [-0.2, -0.15) is 0 Å². The molecule has 194 valence electrons. The van der Waals surface area contributed by atoms with E-state index in [0.717, 1.165) is 94.2 Å². The number of nitrogens with one attached hydrogen (secondary N) is 1. The van der Waals surface area contributed by atoms with Gasteiger partial charge in [0.15, 0.2) is 0 Å². The first kappa shape index (κ1) is 26.2. The Morgan fingerprint density at radius 3 is 2.33 bits per heavy atom. The van der Waals surface area contributed by atoms with Gasteiger partial charge in [0.2, 0.25) is 0 Å². The predicted octanol–water partition coefficient (Wildman–Crippen LogP) is 5.85. The quantitative estimate of drug-likeness (QED) is 0.256. The minimum absolute atomic E-state index is 0.146. The highest BCUT2D eigenvalue weighted by Crippen LogP contribution is 2.47. The van der Waals surface area contributed by atoms with Gasteiger partial charge in [0, 0.05) is 18.9 Å². The van der Waals surface area contributed by atoms with Gasteiger partial charge in [-0.3, -0.25) is 0 Å². The smallest absolute Gasteiger partial charge is 0.405 e. The highest BCUT2D eigenvalue weighted by atomic mass is 16.5. The number of hydrogen-bond donors (Lipinski definition) is 2. The number of piperidine rings is 3. The molecule has 3 aliphatic heterocycles. The number of carboxylic acid groups (broad SMARTS) is 1. The summed E-state index contributed by atoms with van der Waals surface area (Å²) in [5.74, 6) is 1.40. The van der Waals surface area contributed by atoms with Crippen LogP contribution in [0.4, 0.5) is 4.79 Å². The molecule has 3 fully saturated rings. The van der Waals surface area contributed by atoms with Crippen molar-refractivity contribution in [2.24, 2.45) is 11.8 Å². The first-order valence-corrected chi connectivity index (χ1v) is 13.6. The van der Waals surface area contributed by atoms with Crippen molar-refractivity contribution in [1.29, 1.82) is 0 Å². The normalized spacial score (nSPS) is 22.5. The number of unbranched alkanes of at least 4 members (excludes halogenated alkanes) is 6. The lowest BCUT2D eigenvalue weighted by atomic mass is 9.63. The number of rotatable bonds is 14. The molecule has 3 aliphatic rings. The number of nitrogens with zero attached hydrogens (tertiary/aromatic N) is 1. The summed E-state index contributed by atoms with van der Waals surface area (Å²) >= 11 is 0. The van der Waals surface area contributed by atoms with Crippen molar-refractivity contribution in [3.05, 3.63) is 65.7 Å². The second kappa shape index (κ2) is 12.9. The Kier molecular flexibility index (Phi) is 9.40. The topological polar surface area (TPSA) is 78.9 Å². The Balaban J connectivity index is 1.52. The molecule has 1 amide bonds. The van der Waals surface area contributed by atoms with E-state index in [0.29, 0.717) is 18.9 Å². The van der Waals surface area contributed by atoms with Gasteiger partial charge in [0.25, 0.3) is 0 Å². The largest absolute Gasteiger partial charge is 0.494 e. The Morgan fingerprint density at radius 2 is 1.67 bits per heavy atom. The fourth-order valence-electron chi connectivity index (χ4n) is 6.22. The van der Waals surface area contributed by atoms with Crippen LogP contribution in [0.25, 0.3) is 0 Å². The number of benzene rings is 2. The maximum atomic E-state index is 12.3. The maximum Gasteiger partial charge on any atom is 0.405 e. The van der Waals surface area contributed by atoms with Crippen LogP contribution in [0.3, 0.4) is 0 Å². The van der Waals surface area contributed by atoms with Gasteiger partial charge in [-0.15, -0.1) is 0 Å². The van der Waals surface area contributed by atoms with Gasteiger partial charge in [-0.1, -0.05) is 68.1 Å². The number of ether oxygens (including phenoxy) is 1. The molecule has 36 heavy (non-hydrogen) atoms. The third-order valence-electron chi connectivity index (χ3n) is 8.02. The van der Waals surface area contributed by atoms with Crippen LogP contribution >= 0.6 is 0 Å². The average molecular weight is 493 g/mol. The molecule has 2 N–H and O–H groups in total. The van der Waals surface area contributed by atoms with E-state index in [4.69, 9.17) is 4.74 Å². The lowest BCUT2D eigenvalue weighted by molar-refractivity contribution is -0.107. The minimum Gasteiger partial charge on any atom is -0.494 e. The monoisotopic (exact) mass is 492 g/mol. The summed E-state index contributed by atoms with van der Waals surface area (Å²) < 4.78 is 6.15. The average Bonchev–Trinajstić information content (AvgIpc) is 2.92. The number of hydrogen-bond acceptors (Lipinski definition) is 4. The second-order valence-corrected chi connectivity index (χ2v) is 10.3. The van der Waals surface area contributed by atoms with Crippen molar-refractivity contribution in [1.82, 2.24) is 10.2 Å². The van der Waals surface area contributed by atoms with Crippen molar-refractivity contribution >= 4 is 12.4 Å². The van der Waals surface area contributed by atoms with Gasteiger partial charge in [0.1, 0.15) is 12.0 Å². The third-order valence-corrected chi connectivity index (χ3v) is 8.02. The second-order valence-electron chi connectivity index (χ2n) is 10.3. The summed E-state index contributed by atoms with van der Waals surface area (Å²) in [5.41, 5.74) is 1.10. The molecule has 3 saturated heterocycles. The van der Waals surface area contributed by atoms with Crippen LogP contribution in [0.15, 0.2) is 54.6 Å². The summed E-state index contributed by atoms with van der Waals surface area (Å²) in [5, 5.41) is 13.1. The molecule has 3 heterocycles. The molecule has 0 radical (unpaired) electrons. The van der Waals surface area contributed by atoms with Crippen LogP contribution in [-0.4, -0.2) is 48.6 Å². The van der Waals surface area contributed by atoms with Gasteiger partial charge in [0.05, 0.1) is 12.1 Å². The zero-order valence-electron chi connectivity index (χ0n) is 21.2. The molecule has 0 saturated carbocycles. The maximum absolute atomic E-state index is 12.3. The molecule has 1 unspecified atom stereocenters. The molecular formula is C30H40N2O4. The first-order valence-electron chi connectivity index (χ1n) is 13.6. The molecule has 5 rings (SSSR count). The summed E-state index contributed by atoms with van der Waals surface area (Å²) in [7, 11) is 0. The summed E-state index contributed by atoms with van der Waals surface area (Å²) in [6, 6.07) is 18.1. The van der Waals surface area contributed by atoms with Crippen LogP contribution in [-0.2, 0) is 10.3 Å². The fourth-order valence-corrected chi connectivity index (χ4v) is 6.22. The van der Waals surface area contributed by atoms with Gasteiger partial charge < -0.3 is 24.9 Å². The molecule has 2 aromatic rings. The number of aldehydes is 1. The summed E-state index contributed by atoms with van der Waals surface area (Å²) in [6.45, 7) is 3.72. The lowest BCUT2D eigenvalue weighted by Gasteiger charge is -2.53. The van der Waals surface area contributed by atoms with E-state index in [9.17, 15) is 14.7 Å². The molecule has 0 aromatic heterocycles. The number of amides is 1. The zero-order valence-corrected chi connectivity index (χ0v) is 21.2. The summed E-state index contributed by atoms with van der Waals surface area (Å²) in [4.78, 5) is 25.2. The number of carbonyl (C=O) groups excluding carboxylic acids is 1. The Hall–Kier alpha value is -2.86. The molecule has 2 atom stereocenters. The molecule has 6 heteroatoms. The van der Waals surface area contributed by atoms with Crippen LogP contribution in [0.2, 0.25) is 0 Å². The van der Waals surface area contributed by atoms with Gasteiger partial charge >= 0.3 is 6.09 Å². The molecule has 0 spiro atoms. The van der Waals surface area contributed by atoms with E-state index in [1.807, 2.05) is 42.5 Å². The number of fused-ring (bicyclic) bond motifs is 3.